The Morgan fingerprint density at radius 1 is 1.12 bits per heavy atom. The van der Waals surface area contributed by atoms with Crippen molar-refractivity contribution < 1.29 is 4.79 Å². The minimum atomic E-state index is 0.151. The second-order valence-electron chi connectivity index (χ2n) is 5.82. The fraction of sp³-hybridized carbons (Fsp3) is 0.211. The van der Waals surface area contributed by atoms with Crippen LogP contribution in [-0.4, -0.2) is 27.6 Å². The number of nitrogens with one attached hydrogen (secondary N) is 1. The first-order valence-corrected chi connectivity index (χ1v) is 8.49. The normalized spacial score (nSPS) is 13.5. The summed E-state index contributed by atoms with van der Waals surface area (Å²) in [6, 6.07) is 13.5. The highest BCUT2D eigenvalue weighted by Crippen LogP contribution is 2.24. The van der Waals surface area contributed by atoms with Crippen molar-refractivity contribution in [1.29, 1.82) is 0 Å². The van der Waals surface area contributed by atoms with E-state index in [4.69, 9.17) is 11.6 Å². The second-order valence-corrected chi connectivity index (χ2v) is 6.26. The summed E-state index contributed by atoms with van der Waals surface area (Å²) in [7, 11) is 0. The maximum Gasteiger partial charge on any atom is 0.228 e. The highest BCUT2D eigenvalue weighted by atomic mass is 35.5. The fourth-order valence-electron chi connectivity index (χ4n) is 2.55. The van der Waals surface area contributed by atoms with E-state index in [1.54, 1.807) is 17.3 Å². The molecule has 25 heavy (non-hydrogen) atoms. The number of carbonyl (C=O) groups is 1. The Kier molecular flexibility index (Phi) is 5.46. The lowest BCUT2D eigenvalue weighted by atomic mass is 10.2. The number of aryl methyl sites for hydroxylation is 1. The van der Waals surface area contributed by atoms with Crippen LogP contribution in [0.2, 0.25) is 5.02 Å². The topological polar surface area (TPSA) is 61.9 Å². The van der Waals surface area contributed by atoms with E-state index >= 15 is 0 Å². The number of anilines is 1. The molecule has 0 radical (unpaired) electrons. The predicted octanol–water partition coefficient (Wildman–Crippen LogP) is 4.25. The van der Waals surface area contributed by atoms with Crippen molar-refractivity contribution in [2.24, 2.45) is 0 Å². The molecule has 5 nitrogen and oxygen atoms in total. The average molecular weight is 355 g/mol. The van der Waals surface area contributed by atoms with E-state index < -0.39 is 0 Å². The van der Waals surface area contributed by atoms with E-state index in [0.29, 0.717) is 12.2 Å². The van der Waals surface area contributed by atoms with Crippen LogP contribution in [0.25, 0.3) is 11.3 Å². The van der Waals surface area contributed by atoms with Crippen LogP contribution in [0.1, 0.15) is 18.4 Å². The van der Waals surface area contributed by atoms with Gasteiger partial charge in [0.05, 0.1) is 5.69 Å². The number of hydrogen-bond acceptors (Lipinski definition) is 3. The molecule has 0 saturated carbocycles. The maximum absolute atomic E-state index is 11.6. The van der Waals surface area contributed by atoms with Crippen molar-refractivity contribution >= 4 is 23.3 Å². The molecule has 0 bridgehead atoms. The molecule has 0 aliphatic carbocycles. The van der Waals surface area contributed by atoms with Crippen LogP contribution in [0.4, 0.5) is 5.82 Å². The molecular formula is C19H19ClN4O. The minimum Gasteiger partial charge on any atom is -0.295 e. The van der Waals surface area contributed by atoms with E-state index in [0.717, 1.165) is 29.2 Å². The largest absolute Gasteiger partial charge is 0.295 e. The van der Waals surface area contributed by atoms with Crippen molar-refractivity contribution in [3.8, 4) is 11.3 Å². The zero-order chi connectivity index (χ0) is 17.6. The number of rotatable bonds is 2. The molecule has 0 spiro atoms. The molecule has 6 heteroatoms. The lowest BCUT2D eigenvalue weighted by Gasteiger charge is -2.10. The summed E-state index contributed by atoms with van der Waals surface area (Å²) in [5, 5.41) is 7.93. The first-order chi connectivity index (χ1) is 12.1. The third kappa shape index (κ3) is 4.45. The van der Waals surface area contributed by atoms with Crippen LogP contribution in [0, 0.1) is 6.92 Å². The number of H-pyrrole nitrogens is 1. The summed E-state index contributed by atoms with van der Waals surface area (Å²) in [6.07, 6.45) is 5.00. The molecule has 3 heterocycles. The number of halogens is 1. The lowest BCUT2D eigenvalue weighted by Crippen LogP contribution is -2.23. The Hall–Kier alpha value is -2.66. The number of nitrogens with zero attached hydrogens (tertiary/aromatic N) is 3. The monoisotopic (exact) mass is 354 g/mol. The minimum absolute atomic E-state index is 0.151. The molecule has 0 atom stereocenters. The van der Waals surface area contributed by atoms with Crippen LogP contribution in [0.5, 0.6) is 0 Å². The molecule has 0 unspecified atom stereocenters. The molecule has 1 saturated heterocycles. The first kappa shape index (κ1) is 17.2. The molecule has 1 aliphatic rings. The molecule has 1 aromatic carbocycles. The van der Waals surface area contributed by atoms with Crippen LogP contribution < -0.4 is 4.90 Å². The Morgan fingerprint density at radius 2 is 1.84 bits per heavy atom. The number of hydrogen-bond donors (Lipinski definition) is 1. The zero-order valence-corrected chi connectivity index (χ0v) is 14.7. The summed E-state index contributed by atoms with van der Waals surface area (Å²) >= 11 is 5.61. The number of benzene rings is 1. The van der Waals surface area contributed by atoms with Gasteiger partial charge < -0.3 is 0 Å². The van der Waals surface area contributed by atoms with Crippen molar-refractivity contribution in [1.82, 2.24) is 15.2 Å². The van der Waals surface area contributed by atoms with Gasteiger partial charge in [-0.05, 0) is 37.6 Å². The number of pyridine rings is 1. The smallest absolute Gasteiger partial charge is 0.228 e. The van der Waals surface area contributed by atoms with Gasteiger partial charge in [0.25, 0.3) is 0 Å². The zero-order valence-electron chi connectivity index (χ0n) is 13.9. The average Bonchev–Trinajstić information content (AvgIpc) is 3.28. The number of amides is 1. The molecular weight excluding hydrogens is 336 g/mol. The van der Waals surface area contributed by atoms with Gasteiger partial charge in [-0.3, -0.25) is 19.8 Å². The summed E-state index contributed by atoms with van der Waals surface area (Å²) in [5.74, 6) is 0.858. The molecule has 2 aromatic heterocycles. The van der Waals surface area contributed by atoms with Crippen molar-refractivity contribution in [3.05, 3.63) is 65.4 Å². The van der Waals surface area contributed by atoms with E-state index in [2.05, 4.69) is 15.2 Å². The highest BCUT2D eigenvalue weighted by molar-refractivity contribution is 6.30. The van der Waals surface area contributed by atoms with Gasteiger partial charge in [0.15, 0.2) is 5.82 Å². The third-order valence-corrected chi connectivity index (χ3v) is 4.17. The maximum atomic E-state index is 11.6. The third-order valence-electron chi connectivity index (χ3n) is 3.92. The van der Waals surface area contributed by atoms with Crippen molar-refractivity contribution in [3.63, 3.8) is 0 Å². The Morgan fingerprint density at radius 3 is 2.44 bits per heavy atom. The lowest BCUT2D eigenvalue weighted by molar-refractivity contribution is -0.117. The summed E-state index contributed by atoms with van der Waals surface area (Å²) in [6.45, 7) is 2.80. The van der Waals surface area contributed by atoms with Gasteiger partial charge in [-0.1, -0.05) is 29.3 Å². The first-order valence-electron chi connectivity index (χ1n) is 8.12. The van der Waals surface area contributed by atoms with Crippen molar-refractivity contribution in [2.75, 3.05) is 11.4 Å². The van der Waals surface area contributed by atoms with Gasteiger partial charge in [-0.25, -0.2) is 0 Å². The molecule has 3 aromatic rings. The van der Waals surface area contributed by atoms with Gasteiger partial charge in [0, 0.05) is 42.0 Å². The number of aromatic amines is 1. The molecule has 4 rings (SSSR count). The summed E-state index contributed by atoms with van der Waals surface area (Å²) < 4.78 is 0. The highest BCUT2D eigenvalue weighted by Gasteiger charge is 2.23. The molecule has 1 fully saturated rings. The Balaban J connectivity index is 0.000000192. The fourth-order valence-corrected chi connectivity index (χ4v) is 2.68. The molecule has 1 N–H and O–H groups in total. The van der Waals surface area contributed by atoms with Crippen molar-refractivity contribution in [2.45, 2.75) is 19.8 Å². The van der Waals surface area contributed by atoms with E-state index in [1.165, 1.54) is 5.56 Å². The summed E-state index contributed by atoms with van der Waals surface area (Å²) in [4.78, 5) is 17.3. The predicted molar refractivity (Wildman–Crippen MR) is 99.6 cm³/mol. The number of carbonyl (C=O) groups excluding carboxylic acids is 1. The van der Waals surface area contributed by atoms with Crippen LogP contribution in [0.15, 0.2) is 54.9 Å². The molecule has 128 valence electrons. The van der Waals surface area contributed by atoms with Gasteiger partial charge in [-0.15, -0.1) is 0 Å². The van der Waals surface area contributed by atoms with Gasteiger partial charge in [0.1, 0.15) is 0 Å². The van der Waals surface area contributed by atoms with E-state index in [9.17, 15) is 4.79 Å². The number of aromatic nitrogens is 3. The molecule has 1 aliphatic heterocycles. The van der Waals surface area contributed by atoms with Gasteiger partial charge in [-0.2, -0.15) is 5.10 Å². The molecule has 1 amide bonds. The SMILES string of the molecule is Cc1ccc(Cl)cc1.O=C1CCCN1c1cc(-c2ccncc2)[nH]n1. The Labute approximate surface area is 151 Å². The summed E-state index contributed by atoms with van der Waals surface area (Å²) in [5.41, 5.74) is 3.17. The van der Waals surface area contributed by atoms with Crippen LogP contribution in [0.3, 0.4) is 0 Å². The standard InChI is InChI=1S/C12H12N4O.C7H7Cl/c17-12-2-1-7-16(12)11-8-10(14-15-11)9-3-5-13-6-4-9;1-6-2-4-7(8)5-3-6/h3-6,8H,1-2,7H2,(H,14,15);2-5H,1H3. The van der Waals surface area contributed by atoms with Gasteiger partial charge >= 0.3 is 0 Å². The van der Waals surface area contributed by atoms with E-state index in [-0.39, 0.29) is 5.91 Å². The van der Waals surface area contributed by atoms with Crippen LogP contribution >= 0.6 is 11.6 Å². The Bertz CT molecular complexity index is 809. The quantitative estimate of drug-likeness (QED) is 0.748. The second kappa shape index (κ2) is 7.94. The van der Waals surface area contributed by atoms with Gasteiger partial charge in [0.2, 0.25) is 5.91 Å². The van der Waals surface area contributed by atoms with Crippen LogP contribution in [-0.2, 0) is 4.79 Å². The van der Waals surface area contributed by atoms with E-state index in [1.807, 2.05) is 49.4 Å².